The molecular weight excluding hydrogens is 260 g/mol. The Kier molecular flexibility index (Phi) is 2.68. The molecule has 2 saturated carbocycles. The van der Waals surface area contributed by atoms with Gasteiger partial charge in [0, 0.05) is 5.56 Å². The maximum atomic E-state index is 14.1. The highest BCUT2D eigenvalue weighted by Crippen LogP contribution is 2.65. The van der Waals surface area contributed by atoms with Crippen LogP contribution in [0.15, 0.2) is 18.2 Å². The summed E-state index contributed by atoms with van der Waals surface area (Å²) in [5, 5.41) is 10.5. The first-order valence-electron chi connectivity index (χ1n) is 6.45. The van der Waals surface area contributed by atoms with Gasteiger partial charge in [0.05, 0.1) is 11.2 Å². The highest BCUT2D eigenvalue weighted by molar-refractivity contribution is 5.38. The number of rotatable bonds is 1. The fraction of sp³-hybridized carbons (Fsp3) is 0.571. The van der Waals surface area contributed by atoms with Gasteiger partial charge in [0.1, 0.15) is 5.82 Å². The van der Waals surface area contributed by atoms with Crippen LogP contribution in [0, 0.1) is 17.7 Å². The zero-order chi connectivity index (χ0) is 13.8. The van der Waals surface area contributed by atoms with Gasteiger partial charge in [0.25, 0.3) is 0 Å². The molecule has 1 N–H and O–H groups in total. The highest BCUT2D eigenvalue weighted by atomic mass is 19.4. The summed E-state index contributed by atoms with van der Waals surface area (Å²) in [6.07, 6.45) is -1.31. The van der Waals surface area contributed by atoms with E-state index in [1.807, 2.05) is 0 Å². The maximum Gasteiger partial charge on any atom is 0.419 e. The Balaban J connectivity index is 2.03. The molecule has 2 aliphatic carbocycles. The van der Waals surface area contributed by atoms with Crippen molar-refractivity contribution in [3.63, 3.8) is 0 Å². The molecule has 2 fully saturated rings. The molecule has 0 heterocycles. The lowest BCUT2D eigenvalue weighted by atomic mass is 10.00. The summed E-state index contributed by atoms with van der Waals surface area (Å²) in [6.45, 7) is 0. The topological polar surface area (TPSA) is 20.2 Å². The summed E-state index contributed by atoms with van der Waals surface area (Å²) < 4.78 is 52.1. The summed E-state index contributed by atoms with van der Waals surface area (Å²) in [4.78, 5) is 0. The molecule has 0 amide bonds. The van der Waals surface area contributed by atoms with Crippen LogP contribution in [-0.2, 0) is 11.8 Å². The van der Waals surface area contributed by atoms with E-state index in [4.69, 9.17) is 0 Å². The van der Waals surface area contributed by atoms with Crippen LogP contribution in [0.25, 0.3) is 0 Å². The first kappa shape index (κ1) is 12.9. The summed E-state index contributed by atoms with van der Waals surface area (Å²) in [6, 6.07) is 3.17. The van der Waals surface area contributed by atoms with E-state index in [1.165, 1.54) is 12.1 Å². The molecule has 1 aromatic rings. The molecule has 0 aliphatic heterocycles. The van der Waals surface area contributed by atoms with E-state index in [9.17, 15) is 22.7 Å². The Morgan fingerprint density at radius 3 is 2.21 bits per heavy atom. The van der Waals surface area contributed by atoms with Crippen LogP contribution in [0.3, 0.4) is 0 Å². The quantitative estimate of drug-likeness (QED) is 0.771. The van der Waals surface area contributed by atoms with E-state index in [2.05, 4.69) is 0 Å². The molecule has 1 aromatic carbocycles. The van der Waals surface area contributed by atoms with Crippen molar-refractivity contribution in [1.29, 1.82) is 0 Å². The number of alkyl halides is 3. The van der Waals surface area contributed by atoms with Gasteiger partial charge >= 0.3 is 6.18 Å². The summed E-state index contributed by atoms with van der Waals surface area (Å²) in [5.41, 5.74) is -2.86. The fourth-order valence-electron chi connectivity index (χ4n) is 3.55. The van der Waals surface area contributed by atoms with Crippen molar-refractivity contribution in [3.8, 4) is 0 Å². The van der Waals surface area contributed by atoms with Gasteiger partial charge in [-0.1, -0.05) is 25.0 Å². The van der Waals surface area contributed by atoms with Crippen LogP contribution in [-0.4, -0.2) is 5.11 Å². The van der Waals surface area contributed by atoms with Crippen LogP contribution in [0.2, 0.25) is 0 Å². The van der Waals surface area contributed by atoms with Gasteiger partial charge in [0.15, 0.2) is 0 Å². The fourth-order valence-corrected chi connectivity index (χ4v) is 3.55. The highest BCUT2D eigenvalue weighted by Gasteiger charge is 2.65. The molecule has 3 rings (SSSR count). The Morgan fingerprint density at radius 2 is 1.68 bits per heavy atom. The third kappa shape index (κ3) is 1.78. The van der Waals surface area contributed by atoms with E-state index in [0.29, 0.717) is 6.07 Å². The minimum absolute atomic E-state index is 0.0840. The summed E-state index contributed by atoms with van der Waals surface area (Å²) in [7, 11) is 0. The maximum absolute atomic E-state index is 14.1. The third-order valence-corrected chi connectivity index (χ3v) is 4.52. The zero-order valence-corrected chi connectivity index (χ0v) is 10.2. The molecule has 5 heteroatoms. The Morgan fingerprint density at radius 1 is 1.11 bits per heavy atom. The lowest BCUT2D eigenvalue weighted by molar-refractivity contribution is -0.140. The first-order valence-corrected chi connectivity index (χ1v) is 6.45. The predicted molar refractivity (Wildman–Crippen MR) is 60.7 cm³/mol. The predicted octanol–water partition coefficient (Wildman–Crippen LogP) is 3.85. The monoisotopic (exact) mass is 274 g/mol. The second-order valence-electron chi connectivity index (χ2n) is 5.49. The second kappa shape index (κ2) is 3.95. The van der Waals surface area contributed by atoms with E-state index < -0.39 is 23.2 Å². The lowest BCUT2D eigenvalue weighted by Gasteiger charge is -2.16. The van der Waals surface area contributed by atoms with Crippen LogP contribution < -0.4 is 0 Å². The van der Waals surface area contributed by atoms with E-state index >= 15 is 0 Å². The van der Waals surface area contributed by atoms with Crippen LogP contribution in [0.5, 0.6) is 0 Å². The summed E-state index contributed by atoms with van der Waals surface area (Å²) in [5.74, 6) is -1.48. The number of benzene rings is 1. The molecule has 0 spiro atoms. The minimum Gasteiger partial charge on any atom is -0.384 e. The largest absolute Gasteiger partial charge is 0.419 e. The molecule has 1 nitrogen and oxygen atoms in total. The molecule has 0 saturated heterocycles. The number of hydrogen-bond donors (Lipinski definition) is 1. The molecule has 104 valence electrons. The molecule has 0 aromatic heterocycles. The average Bonchev–Trinajstić information content (AvgIpc) is 2.96. The average molecular weight is 274 g/mol. The standard InChI is InChI=1S/C14H14F4O/c15-12-10(6-3-7-11(12)14(16,17)18)13(19)8-4-1-2-5-9(8)13/h3,6-9,19H,1-2,4-5H2. The van der Waals surface area contributed by atoms with Crippen molar-refractivity contribution in [2.75, 3.05) is 0 Å². The summed E-state index contributed by atoms with van der Waals surface area (Å²) >= 11 is 0. The third-order valence-electron chi connectivity index (χ3n) is 4.52. The number of hydrogen-bond acceptors (Lipinski definition) is 1. The number of halogens is 4. The van der Waals surface area contributed by atoms with Gasteiger partial charge < -0.3 is 5.11 Å². The van der Waals surface area contributed by atoms with Crippen LogP contribution >= 0.6 is 0 Å². The van der Waals surface area contributed by atoms with Crippen LogP contribution in [0.1, 0.15) is 36.8 Å². The van der Waals surface area contributed by atoms with Gasteiger partial charge in [-0.05, 0) is 30.7 Å². The van der Waals surface area contributed by atoms with Gasteiger partial charge in [-0.3, -0.25) is 0 Å². The van der Waals surface area contributed by atoms with Crippen molar-refractivity contribution >= 4 is 0 Å². The zero-order valence-electron chi connectivity index (χ0n) is 10.2. The van der Waals surface area contributed by atoms with Crippen molar-refractivity contribution in [3.05, 3.63) is 35.1 Å². The Hall–Kier alpha value is -1.10. The molecule has 2 unspecified atom stereocenters. The van der Waals surface area contributed by atoms with Gasteiger partial charge in [-0.25, -0.2) is 4.39 Å². The molecule has 19 heavy (non-hydrogen) atoms. The molecule has 0 radical (unpaired) electrons. The van der Waals surface area contributed by atoms with Gasteiger partial charge in [-0.15, -0.1) is 0 Å². The molecular formula is C14H14F4O. The van der Waals surface area contributed by atoms with Crippen molar-refractivity contribution in [1.82, 2.24) is 0 Å². The Bertz CT molecular complexity index is 497. The number of aliphatic hydroxyl groups is 1. The lowest BCUT2D eigenvalue weighted by Crippen LogP contribution is -2.17. The van der Waals surface area contributed by atoms with E-state index in [1.54, 1.807) is 0 Å². The van der Waals surface area contributed by atoms with Gasteiger partial charge in [0.2, 0.25) is 0 Å². The number of fused-ring (bicyclic) bond motifs is 1. The SMILES string of the molecule is OC1(c2cccc(C(F)(F)F)c2F)C2CCCCC21. The first-order chi connectivity index (χ1) is 8.87. The van der Waals surface area contributed by atoms with Crippen LogP contribution in [0.4, 0.5) is 17.6 Å². The molecule has 2 aliphatic rings. The smallest absolute Gasteiger partial charge is 0.384 e. The minimum atomic E-state index is -4.73. The second-order valence-corrected chi connectivity index (χ2v) is 5.49. The molecule has 2 atom stereocenters. The Labute approximate surface area is 108 Å². The molecule has 0 bridgehead atoms. The van der Waals surface area contributed by atoms with Crippen molar-refractivity contribution < 1.29 is 22.7 Å². The van der Waals surface area contributed by atoms with Crippen molar-refractivity contribution in [2.45, 2.75) is 37.5 Å². The normalized spacial score (nSPS) is 33.9. The van der Waals surface area contributed by atoms with E-state index in [-0.39, 0.29) is 17.4 Å². The van der Waals surface area contributed by atoms with E-state index in [0.717, 1.165) is 25.7 Å². The van der Waals surface area contributed by atoms with Crippen molar-refractivity contribution in [2.24, 2.45) is 11.8 Å². The van der Waals surface area contributed by atoms with Gasteiger partial charge in [-0.2, -0.15) is 13.2 Å².